The maximum absolute atomic E-state index is 11.5. The molecule has 2 fully saturated rings. The van der Waals surface area contributed by atoms with Crippen LogP contribution >= 0.6 is 0 Å². The van der Waals surface area contributed by atoms with Crippen molar-refractivity contribution in [3.05, 3.63) is 0 Å². The molecule has 0 bridgehead atoms. The van der Waals surface area contributed by atoms with E-state index in [2.05, 4.69) is 39.5 Å². The first-order valence-corrected chi connectivity index (χ1v) is 7.60. The first kappa shape index (κ1) is 14.8. The number of aliphatic carboxylic acids is 1. The zero-order valence-corrected chi connectivity index (χ0v) is 13.1. The van der Waals surface area contributed by atoms with Gasteiger partial charge in [0.2, 0.25) is 0 Å². The van der Waals surface area contributed by atoms with Gasteiger partial charge >= 0.3 is 5.97 Å². The minimum absolute atomic E-state index is 0.269. The third kappa shape index (κ3) is 3.13. The van der Waals surface area contributed by atoms with Crippen molar-refractivity contribution in [3.8, 4) is 0 Å². The van der Waals surface area contributed by atoms with Crippen LogP contribution in [-0.2, 0) is 4.79 Å². The van der Waals surface area contributed by atoms with Crippen LogP contribution in [0.15, 0.2) is 0 Å². The van der Waals surface area contributed by atoms with Crippen molar-refractivity contribution in [2.45, 2.75) is 72.4 Å². The molecule has 3 nitrogen and oxygen atoms in total. The van der Waals surface area contributed by atoms with Crippen molar-refractivity contribution in [1.82, 2.24) is 4.90 Å². The molecule has 2 rings (SSSR count). The maximum Gasteiger partial charge on any atom is 0.321 e. The van der Waals surface area contributed by atoms with Gasteiger partial charge in [-0.15, -0.1) is 0 Å². The average Bonchev–Trinajstić information content (AvgIpc) is 2.55. The first-order valence-electron chi connectivity index (χ1n) is 7.60. The SMILES string of the molecule is CC1CCN(C2CC(C)(C)CC(C)(C)C2)C1C(=O)O. The molecule has 0 amide bonds. The highest BCUT2D eigenvalue weighted by Gasteiger charge is 2.46. The average molecular weight is 267 g/mol. The quantitative estimate of drug-likeness (QED) is 0.833. The minimum Gasteiger partial charge on any atom is -0.480 e. The maximum atomic E-state index is 11.5. The van der Waals surface area contributed by atoms with Crippen LogP contribution in [0, 0.1) is 16.7 Å². The number of nitrogens with zero attached hydrogens (tertiary/aromatic N) is 1. The first-order chi connectivity index (χ1) is 8.61. The Morgan fingerprint density at radius 1 is 1.16 bits per heavy atom. The van der Waals surface area contributed by atoms with E-state index in [9.17, 15) is 9.90 Å². The van der Waals surface area contributed by atoms with Gasteiger partial charge in [0.25, 0.3) is 0 Å². The van der Waals surface area contributed by atoms with E-state index in [1.165, 1.54) is 6.42 Å². The van der Waals surface area contributed by atoms with Crippen molar-refractivity contribution < 1.29 is 9.90 Å². The summed E-state index contributed by atoms with van der Waals surface area (Å²) in [7, 11) is 0. The Morgan fingerprint density at radius 2 is 1.68 bits per heavy atom. The molecule has 2 aliphatic rings. The molecule has 0 spiro atoms. The second-order valence-electron chi connectivity index (χ2n) is 8.35. The summed E-state index contributed by atoms with van der Waals surface area (Å²) in [6.07, 6.45) is 4.52. The van der Waals surface area contributed by atoms with Gasteiger partial charge in [0.1, 0.15) is 6.04 Å². The Hall–Kier alpha value is -0.570. The predicted molar refractivity (Wildman–Crippen MR) is 77.1 cm³/mol. The number of likely N-dealkylation sites (tertiary alicyclic amines) is 1. The van der Waals surface area contributed by atoms with Crippen molar-refractivity contribution in [2.24, 2.45) is 16.7 Å². The summed E-state index contributed by atoms with van der Waals surface area (Å²) in [5, 5.41) is 9.50. The van der Waals surface area contributed by atoms with Gasteiger partial charge < -0.3 is 5.11 Å². The van der Waals surface area contributed by atoms with E-state index in [0.29, 0.717) is 16.9 Å². The summed E-state index contributed by atoms with van der Waals surface area (Å²) in [4.78, 5) is 13.8. The smallest absolute Gasteiger partial charge is 0.321 e. The summed E-state index contributed by atoms with van der Waals surface area (Å²) < 4.78 is 0. The topological polar surface area (TPSA) is 40.5 Å². The van der Waals surface area contributed by atoms with Crippen molar-refractivity contribution in [2.75, 3.05) is 6.54 Å². The number of carbonyl (C=O) groups is 1. The second-order valence-corrected chi connectivity index (χ2v) is 8.35. The number of rotatable bonds is 2. The third-order valence-electron chi connectivity index (χ3n) is 4.99. The van der Waals surface area contributed by atoms with E-state index in [0.717, 1.165) is 25.8 Å². The normalized spacial score (nSPS) is 35.4. The summed E-state index contributed by atoms with van der Waals surface area (Å²) in [6.45, 7) is 12.4. The Bertz CT molecular complexity index is 346. The van der Waals surface area contributed by atoms with Crippen LogP contribution in [0.3, 0.4) is 0 Å². The lowest BCUT2D eigenvalue weighted by Gasteiger charge is -2.48. The van der Waals surface area contributed by atoms with Crippen LogP contribution in [0.1, 0.15) is 60.3 Å². The van der Waals surface area contributed by atoms with Gasteiger partial charge in [0.05, 0.1) is 0 Å². The predicted octanol–water partition coefficient (Wildman–Crippen LogP) is 3.39. The van der Waals surface area contributed by atoms with Crippen LogP contribution in [-0.4, -0.2) is 34.6 Å². The van der Waals surface area contributed by atoms with Gasteiger partial charge in [-0.05, 0) is 49.0 Å². The Balaban J connectivity index is 2.19. The molecule has 1 saturated heterocycles. The fourth-order valence-electron chi connectivity index (χ4n) is 4.79. The molecule has 19 heavy (non-hydrogen) atoms. The highest BCUT2D eigenvalue weighted by molar-refractivity contribution is 5.74. The van der Waals surface area contributed by atoms with Crippen molar-refractivity contribution >= 4 is 5.97 Å². The lowest BCUT2D eigenvalue weighted by molar-refractivity contribution is -0.145. The van der Waals surface area contributed by atoms with Crippen LogP contribution in [0.25, 0.3) is 0 Å². The van der Waals surface area contributed by atoms with Gasteiger partial charge in [0, 0.05) is 6.04 Å². The zero-order valence-electron chi connectivity index (χ0n) is 13.1. The third-order valence-corrected chi connectivity index (χ3v) is 4.99. The molecule has 1 saturated carbocycles. The van der Waals surface area contributed by atoms with Crippen molar-refractivity contribution in [1.29, 1.82) is 0 Å². The minimum atomic E-state index is -0.633. The van der Waals surface area contributed by atoms with Crippen LogP contribution in [0.5, 0.6) is 0 Å². The fourth-order valence-corrected chi connectivity index (χ4v) is 4.79. The van der Waals surface area contributed by atoms with E-state index >= 15 is 0 Å². The Kier molecular flexibility index (Phi) is 3.72. The van der Waals surface area contributed by atoms with E-state index in [4.69, 9.17) is 0 Å². The molecule has 1 heterocycles. The molecule has 1 aliphatic heterocycles. The second kappa shape index (κ2) is 4.76. The molecule has 0 aromatic rings. The standard InChI is InChI=1S/C16H29NO2/c1-11-6-7-17(13(11)14(18)19)12-8-15(2,3)10-16(4,5)9-12/h11-13H,6-10H2,1-5H3,(H,18,19). The molecule has 0 radical (unpaired) electrons. The van der Waals surface area contributed by atoms with Crippen LogP contribution in [0.2, 0.25) is 0 Å². The molecule has 1 aliphatic carbocycles. The molecule has 0 aromatic carbocycles. The summed E-state index contributed by atoms with van der Waals surface area (Å²) in [5.74, 6) is -0.350. The van der Waals surface area contributed by atoms with Crippen molar-refractivity contribution in [3.63, 3.8) is 0 Å². The Morgan fingerprint density at radius 3 is 2.16 bits per heavy atom. The van der Waals surface area contributed by atoms with E-state index < -0.39 is 5.97 Å². The molecular formula is C16H29NO2. The summed E-state index contributed by atoms with van der Waals surface area (Å²) in [6, 6.07) is 0.166. The largest absolute Gasteiger partial charge is 0.480 e. The molecule has 3 heteroatoms. The lowest BCUT2D eigenvalue weighted by atomic mass is 9.63. The zero-order chi connectivity index (χ0) is 14.4. The number of carboxylic acid groups (broad SMARTS) is 1. The summed E-state index contributed by atoms with van der Waals surface area (Å²) in [5.41, 5.74) is 0.641. The number of hydrogen-bond acceptors (Lipinski definition) is 2. The Labute approximate surface area is 117 Å². The van der Waals surface area contributed by atoms with Crippen LogP contribution in [0.4, 0.5) is 0 Å². The summed E-state index contributed by atoms with van der Waals surface area (Å²) >= 11 is 0. The molecule has 110 valence electrons. The van der Waals surface area contributed by atoms with Crippen LogP contribution < -0.4 is 0 Å². The number of hydrogen-bond donors (Lipinski definition) is 1. The van der Waals surface area contributed by atoms with Gasteiger partial charge in [-0.3, -0.25) is 9.69 Å². The fraction of sp³-hybridized carbons (Fsp3) is 0.938. The molecule has 2 unspecified atom stereocenters. The molecule has 2 atom stereocenters. The monoisotopic (exact) mass is 267 g/mol. The highest BCUT2D eigenvalue weighted by atomic mass is 16.4. The van der Waals surface area contributed by atoms with E-state index in [1.54, 1.807) is 0 Å². The van der Waals surface area contributed by atoms with E-state index in [-0.39, 0.29) is 12.0 Å². The number of carboxylic acids is 1. The highest BCUT2D eigenvalue weighted by Crippen LogP contribution is 2.48. The molecular weight excluding hydrogens is 238 g/mol. The molecule has 0 aromatic heterocycles. The van der Waals surface area contributed by atoms with Gasteiger partial charge in [-0.2, -0.15) is 0 Å². The van der Waals surface area contributed by atoms with Gasteiger partial charge in [0.15, 0.2) is 0 Å². The van der Waals surface area contributed by atoms with E-state index in [1.807, 2.05) is 0 Å². The molecule has 1 N–H and O–H groups in total. The lowest BCUT2D eigenvalue weighted by Crippen LogP contribution is -2.51. The van der Waals surface area contributed by atoms with Gasteiger partial charge in [-0.1, -0.05) is 34.6 Å². The van der Waals surface area contributed by atoms with Gasteiger partial charge in [-0.25, -0.2) is 0 Å².